The van der Waals surface area contributed by atoms with Gasteiger partial charge in [-0.25, -0.2) is 12.7 Å². The first-order valence-electron chi connectivity index (χ1n) is 6.75. The van der Waals surface area contributed by atoms with Crippen LogP contribution in [-0.2, 0) is 10.0 Å². The van der Waals surface area contributed by atoms with Crippen molar-refractivity contribution in [2.75, 3.05) is 19.4 Å². The molecule has 9 heteroatoms. The lowest BCUT2D eigenvalue weighted by Gasteiger charge is -2.11. The fourth-order valence-electron chi connectivity index (χ4n) is 2.13. The molecule has 3 aromatic rings. The van der Waals surface area contributed by atoms with E-state index in [1.165, 1.54) is 32.4 Å². The molecule has 120 valence electrons. The Labute approximate surface area is 132 Å². The van der Waals surface area contributed by atoms with Crippen molar-refractivity contribution in [3.05, 3.63) is 46.9 Å². The van der Waals surface area contributed by atoms with E-state index in [1.54, 1.807) is 18.2 Å². The fourth-order valence-corrected chi connectivity index (χ4v) is 3.03. The van der Waals surface area contributed by atoms with E-state index in [-0.39, 0.29) is 10.5 Å². The summed E-state index contributed by atoms with van der Waals surface area (Å²) >= 11 is 0. The molecule has 23 heavy (non-hydrogen) atoms. The van der Waals surface area contributed by atoms with Crippen LogP contribution in [0.3, 0.4) is 0 Å². The second-order valence-corrected chi connectivity index (χ2v) is 7.26. The van der Waals surface area contributed by atoms with Crippen molar-refractivity contribution in [3.63, 3.8) is 0 Å². The highest BCUT2D eigenvalue weighted by Gasteiger charge is 2.17. The molecule has 1 aromatic carbocycles. The summed E-state index contributed by atoms with van der Waals surface area (Å²) in [6.45, 7) is 0. The normalized spacial score (nSPS) is 12.0. The Morgan fingerprint density at radius 3 is 2.48 bits per heavy atom. The van der Waals surface area contributed by atoms with Crippen molar-refractivity contribution >= 4 is 32.4 Å². The van der Waals surface area contributed by atoms with Gasteiger partial charge in [0.15, 0.2) is 5.82 Å². The number of fused-ring (bicyclic) bond motifs is 1. The molecule has 3 rings (SSSR count). The summed E-state index contributed by atoms with van der Waals surface area (Å²) in [7, 11) is -0.517. The Morgan fingerprint density at radius 2 is 1.83 bits per heavy atom. The summed E-state index contributed by atoms with van der Waals surface area (Å²) in [5.74, 6) is 0.380. The molecule has 0 aliphatic heterocycles. The highest BCUT2D eigenvalue weighted by atomic mass is 32.2. The molecule has 0 aliphatic rings. The number of H-pyrrole nitrogens is 2. The summed E-state index contributed by atoms with van der Waals surface area (Å²) in [6, 6.07) is 7.94. The standard InChI is InChI=1S/C14H15N5O3S/c1-19(2)23(21,22)10-5-3-9(4-6-10)16-13-12-11(17-18-13)7-8-15-14(12)20/h3-8H,1-2H3,(H,15,20)(H2,16,17,18). The Hall–Kier alpha value is -2.65. The van der Waals surface area contributed by atoms with Crippen LogP contribution in [0.25, 0.3) is 10.9 Å². The zero-order valence-electron chi connectivity index (χ0n) is 12.5. The van der Waals surface area contributed by atoms with Gasteiger partial charge in [-0.05, 0) is 30.3 Å². The van der Waals surface area contributed by atoms with E-state index in [0.29, 0.717) is 22.4 Å². The number of benzene rings is 1. The molecule has 0 unspecified atom stereocenters. The van der Waals surface area contributed by atoms with Crippen LogP contribution in [0.1, 0.15) is 0 Å². The van der Waals surface area contributed by atoms with Crippen LogP contribution in [0.15, 0.2) is 46.2 Å². The zero-order valence-corrected chi connectivity index (χ0v) is 13.3. The van der Waals surface area contributed by atoms with Crippen molar-refractivity contribution in [1.29, 1.82) is 0 Å². The van der Waals surface area contributed by atoms with E-state index in [4.69, 9.17) is 0 Å². The molecule has 2 heterocycles. The zero-order chi connectivity index (χ0) is 16.6. The lowest BCUT2D eigenvalue weighted by atomic mass is 10.3. The molecule has 0 radical (unpaired) electrons. The maximum Gasteiger partial charge on any atom is 0.261 e. The highest BCUT2D eigenvalue weighted by Crippen LogP contribution is 2.22. The molecule has 0 saturated carbocycles. The molecule has 0 aliphatic carbocycles. The topological polar surface area (TPSA) is 111 Å². The number of pyridine rings is 1. The van der Waals surface area contributed by atoms with Crippen LogP contribution in [0, 0.1) is 0 Å². The molecule has 3 N–H and O–H groups in total. The first kappa shape index (κ1) is 15.3. The molecule has 0 spiro atoms. The third-order valence-electron chi connectivity index (χ3n) is 3.38. The fraction of sp³-hybridized carbons (Fsp3) is 0.143. The molecular formula is C14H15N5O3S. The van der Waals surface area contributed by atoms with Crippen molar-refractivity contribution in [2.24, 2.45) is 0 Å². The van der Waals surface area contributed by atoms with E-state index in [9.17, 15) is 13.2 Å². The summed E-state index contributed by atoms with van der Waals surface area (Å²) in [5.41, 5.74) is 0.980. The van der Waals surface area contributed by atoms with Gasteiger partial charge in [-0.1, -0.05) is 0 Å². The summed E-state index contributed by atoms with van der Waals surface area (Å²) < 4.78 is 25.2. The minimum atomic E-state index is -3.47. The maximum atomic E-state index is 12.0. The van der Waals surface area contributed by atoms with Crippen LogP contribution in [-0.4, -0.2) is 42.0 Å². The second kappa shape index (κ2) is 5.52. The van der Waals surface area contributed by atoms with Gasteiger partial charge in [0.05, 0.1) is 10.4 Å². The van der Waals surface area contributed by atoms with Crippen LogP contribution in [0.5, 0.6) is 0 Å². The molecule has 8 nitrogen and oxygen atoms in total. The van der Waals surface area contributed by atoms with Crippen molar-refractivity contribution < 1.29 is 8.42 Å². The van der Waals surface area contributed by atoms with Gasteiger partial charge in [-0.3, -0.25) is 9.89 Å². The molecule has 0 fully saturated rings. The third-order valence-corrected chi connectivity index (χ3v) is 5.21. The average Bonchev–Trinajstić information content (AvgIpc) is 2.92. The van der Waals surface area contributed by atoms with E-state index in [2.05, 4.69) is 20.5 Å². The predicted octanol–water partition coefficient (Wildman–Crippen LogP) is 1.25. The Balaban J connectivity index is 1.93. The number of rotatable bonds is 4. The van der Waals surface area contributed by atoms with E-state index < -0.39 is 10.0 Å². The largest absolute Gasteiger partial charge is 0.338 e. The van der Waals surface area contributed by atoms with Gasteiger partial charge in [0.25, 0.3) is 5.56 Å². The minimum Gasteiger partial charge on any atom is -0.338 e. The Bertz CT molecular complexity index is 1000. The number of hydrogen-bond donors (Lipinski definition) is 3. The molecule has 0 saturated heterocycles. The molecular weight excluding hydrogens is 318 g/mol. The van der Waals surface area contributed by atoms with Gasteiger partial charge >= 0.3 is 0 Å². The summed E-state index contributed by atoms with van der Waals surface area (Å²) in [5, 5.41) is 10.3. The predicted molar refractivity (Wildman–Crippen MR) is 87.3 cm³/mol. The number of aromatic nitrogens is 3. The minimum absolute atomic E-state index is 0.192. The lowest BCUT2D eigenvalue weighted by Crippen LogP contribution is -2.22. The van der Waals surface area contributed by atoms with Gasteiger partial charge in [-0.15, -0.1) is 0 Å². The van der Waals surface area contributed by atoms with E-state index in [1.807, 2.05) is 0 Å². The monoisotopic (exact) mass is 333 g/mol. The van der Waals surface area contributed by atoms with Crippen molar-refractivity contribution in [1.82, 2.24) is 19.5 Å². The van der Waals surface area contributed by atoms with Crippen LogP contribution >= 0.6 is 0 Å². The quantitative estimate of drug-likeness (QED) is 0.665. The third kappa shape index (κ3) is 2.71. The van der Waals surface area contributed by atoms with Gasteiger partial charge in [0.1, 0.15) is 5.39 Å². The number of hydrogen-bond acceptors (Lipinski definition) is 5. The van der Waals surface area contributed by atoms with Crippen LogP contribution in [0.2, 0.25) is 0 Å². The average molecular weight is 333 g/mol. The number of aromatic amines is 2. The van der Waals surface area contributed by atoms with Crippen LogP contribution in [0.4, 0.5) is 11.5 Å². The number of sulfonamides is 1. The smallest absolute Gasteiger partial charge is 0.261 e. The van der Waals surface area contributed by atoms with E-state index in [0.717, 1.165) is 4.31 Å². The van der Waals surface area contributed by atoms with Crippen molar-refractivity contribution in [3.8, 4) is 0 Å². The number of nitrogens with zero attached hydrogens (tertiary/aromatic N) is 2. The van der Waals surface area contributed by atoms with Crippen LogP contribution < -0.4 is 10.9 Å². The first-order chi connectivity index (χ1) is 10.9. The second-order valence-electron chi connectivity index (χ2n) is 5.10. The van der Waals surface area contributed by atoms with Gasteiger partial charge in [-0.2, -0.15) is 5.10 Å². The highest BCUT2D eigenvalue weighted by molar-refractivity contribution is 7.89. The van der Waals surface area contributed by atoms with Gasteiger partial charge in [0, 0.05) is 26.0 Å². The molecule has 0 bridgehead atoms. The van der Waals surface area contributed by atoms with Gasteiger partial charge < -0.3 is 10.3 Å². The number of nitrogens with one attached hydrogen (secondary N) is 3. The SMILES string of the molecule is CN(C)S(=O)(=O)c1ccc(Nc2n[nH]c3cc[nH]c(=O)c23)cc1. The summed E-state index contributed by atoms with van der Waals surface area (Å²) in [4.78, 5) is 14.7. The summed E-state index contributed by atoms with van der Waals surface area (Å²) in [6.07, 6.45) is 1.54. The Kier molecular flexibility index (Phi) is 3.66. The molecule has 0 atom stereocenters. The molecule has 0 amide bonds. The van der Waals surface area contributed by atoms with Gasteiger partial charge in [0.2, 0.25) is 10.0 Å². The van der Waals surface area contributed by atoms with Crippen molar-refractivity contribution in [2.45, 2.75) is 4.90 Å². The molecule has 2 aromatic heterocycles. The first-order valence-corrected chi connectivity index (χ1v) is 8.19. The Morgan fingerprint density at radius 1 is 1.13 bits per heavy atom. The van der Waals surface area contributed by atoms with E-state index >= 15 is 0 Å². The number of anilines is 2. The maximum absolute atomic E-state index is 12.0. The lowest BCUT2D eigenvalue weighted by molar-refractivity contribution is 0.521.